The molecule has 0 saturated carbocycles. The van der Waals surface area contributed by atoms with E-state index in [-0.39, 0.29) is 0 Å². The lowest BCUT2D eigenvalue weighted by Gasteiger charge is -2.49. The van der Waals surface area contributed by atoms with Crippen LogP contribution >= 0.6 is 11.3 Å². The molecule has 3 nitrogen and oxygen atoms in total. The lowest BCUT2D eigenvalue weighted by atomic mass is 9.86. The topological polar surface area (TPSA) is 28.2 Å². The summed E-state index contributed by atoms with van der Waals surface area (Å²) in [6, 6.07) is 0.654. The summed E-state index contributed by atoms with van der Waals surface area (Å²) in [6.45, 7) is 12.7. The molecule has 4 heteroatoms. The van der Waals surface area contributed by atoms with Crippen molar-refractivity contribution in [1.82, 2.24) is 15.2 Å². The molecule has 114 valence electrons. The van der Waals surface area contributed by atoms with Crippen LogP contribution in [0.4, 0.5) is 0 Å². The predicted molar refractivity (Wildman–Crippen MR) is 87.3 cm³/mol. The van der Waals surface area contributed by atoms with Crippen LogP contribution in [0, 0.1) is 5.92 Å². The highest BCUT2D eigenvalue weighted by Crippen LogP contribution is 2.25. The zero-order chi connectivity index (χ0) is 14.6. The molecule has 1 saturated heterocycles. The smallest absolute Gasteiger partial charge is 0.0937 e. The third kappa shape index (κ3) is 3.60. The van der Waals surface area contributed by atoms with Crippen molar-refractivity contribution < 1.29 is 0 Å². The molecule has 1 fully saturated rings. The van der Waals surface area contributed by atoms with Gasteiger partial charge in [0, 0.05) is 49.2 Å². The van der Waals surface area contributed by atoms with Crippen molar-refractivity contribution in [2.24, 2.45) is 5.92 Å². The minimum absolute atomic E-state index is 0.314. The van der Waals surface area contributed by atoms with E-state index in [1.54, 1.807) is 11.3 Å². The van der Waals surface area contributed by atoms with Gasteiger partial charge in [0.25, 0.3) is 0 Å². The molecule has 1 unspecified atom stereocenters. The lowest BCUT2D eigenvalue weighted by molar-refractivity contribution is 0.0514. The van der Waals surface area contributed by atoms with E-state index in [0.717, 1.165) is 19.5 Å². The zero-order valence-corrected chi connectivity index (χ0v) is 14.2. The third-order valence-electron chi connectivity index (χ3n) is 4.88. The molecule has 1 N–H and O–H groups in total. The van der Waals surface area contributed by atoms with E-state index >= 15 is 0 Å². The van der Waals surface area contributed by atoms with Crippen LogP contribution < -0.4 is 5.32 Å². The molecule has 0 aromatic carbocycles. The monoisotopic (exact) mass is 295 g/mol. The van der Waals surface area contributed by atoms with E-state index in [1.165, 1.54) is 24.4 Å². The fraction of sp³-hybridized carbons (Fsp3) is 0.812. The number of hydrogen-bond donors (Lipinski definition) is 1. The lowest BCUT2D eigenvalue weighted by Crippen LogP contribution is -2.65. The Kier molecular flexibility index (Phi) is 5.58. The van der Waals surface area contributed by atoms with Crippen molar-refractivity contribution in [1.29, 1.82) is 0 Å². The van der Waals surface area contributed by atoms with Gasteiger partial charge in [-0.1, -0.05) is 27.7 Å². The quantitative estimate of drug-likeness (QED) is 0.873. The molecule has 20 heavy (non-hydrogen) atoms. The van der Waals surface area contributed by atoms with Crippen LogP contribution in [-0.4, -0.2) is 41.1 Å². The average Bonchev–Trinajstić information content (AvgIpc) is 2.97. The Bertz CT molecular complexity index is 384. The molecule has 2 heterocycles. The second kappa shape index (κ2) is 7.01. The fourth-order valence-corrected chi connectivity index (χ4v) is 3.86. The molecule has 0 spiro atoms. The van der Waals surface area contributed by atoms with Crippen molar-refractivity contribution in [2.45, 2.75) is 58.5 Å². The molecule has 0 radical (unpaired) electrons. The summed E-state index contributed by atoms with van der Waals surface area (Å²) < 4.78 is 0. The molecule has 2 rings (SSSR count). The van der Waals surface area contributed by atoms with E-state index in [1.807, 2.05) is 6.20 Å². The molecular formula is C16H29N3S. The standard InChI is InChI=1S/C16H29N3S/c1-5-16(6-2)12-19(14(11-18-16)13(3)4)9-7-15-17-8-10-20-15/h8,10,13-14,18H,5-7,9,11-12H2,1-4H3. The first-order valence-corrected chi connectivity index (χ1v) is 8.85. The third-order valence-corrected chi connectivity index (χ3v) is 5.72. The Balaban J connectivity index is 2.02. The number of nitrogens with zero attached hydrogens (tertiary/aromatic N) is 2. The highest BCUT2D eigenvalue weighted by atomic mass is 32.1. The highest BCUT2D eigenvalue weighted by Gasteiger charge is 2.37. The number of piperazine rings is 1. The molecule has 0 amide bonds. The van der Waals surface area contributed by atoms with Gasteiger partial charge >= 0.3 is 0 Å². The summed E-state index contributed by atoms with van der Waals surface area (Å²) in [5, 5.41) is 7.18. The van der Waals surface area contributed by atoms with Crippen molar-refractivity contribution in [3.63, 3.8) is 0 Å². The molecule has 1 atom stereocenters. The Morgan fingerprint density at radius 2 is 2.20 bits per heavy atom. The molecular weight excluding hydrogens is 266 g/mol. The molecule has 1 aliphatic rings. The summed E-state index contributed by atoms with van der Waals surface area (Å²) in [5.41, 5.74) is 0.314. The largest absolute Gasteiger partial charge is 0.308 e. The molecule has 0 bridgehead atoms. The molecule has 0 aliphatic carbocycles. The second-order valence-corrected chi connectivity index (χ2v) is 7.31. The zero-order valence-electron chi connectivity index (χ0n) is 13.4. The van der Waals surface area contributed by atoms with Gasteiger partial charge in [0.05, 0.1) is 5.01 Å². The van der Waals surface area contributed by atoms with Gasteiger partial charge in [-0.2, -0.15) is 0 Å². The van der Waals surface area contributed by atoms with Crippen LogP contribution in [0.3, 0.4) is 0 Å². The van der Waals surface area contributed by atoms with Gasteiger partial charge in [-0.25, -0.2) is 4.98 Å². The van der Waals surface area contributed by atoms with Gasteiger partial charge in [-0.3, -0.25) is 4.90 Å². The SMILES string of the molecule is CCC1(CC)CN(CCc2nccs2)C(C(C)C)CN1. The van der Waals surface area contributed by atoms with Crippen LogP contribution in [0.2, 0.25) is 0 Å². The van der Waals surface area contributed by atoms with Crippen LogP contribution in [0.25, 0.3) is 0 Å². The Labute approximate surface area is 127 Å². The number of nitrogens with one attached hydrogen (secondary N) is 1. The summed E-state index contributed by atoms with van der Waals surface area (Å²) >= 11 is 1.78. The van der Waals surface area contributed by atoms with Gasteiger partial charge in [0.15, 0.2) is 0 Å². The van der Waals surface area contributed by atoms with Gasteiger partial charge in [0.1, 0.15) is 0 Å². The Hall–Kier alpha value is -0.450. The van der Waals surface area contributed by atoms with Gasteiger partial charge in [0.2, 0.25) is 0 Å². The summed E-state index contributed by atoms with van der Waals surface area (Å²) in [6.07, 6.45) is 5.43. The molecule has 1 aromatic heterocycles. The highest BCUT2D eigenvalue weighted by molar-refractivity contribution is 7.09. The number of aromatic nitrogens is 1. The van der Waals surface area contributed by atoms with Crippen LogP contribution in [0.15, 0.2) is 11.6 Å². The van der Waals surface area contributed by atoms with Crippen LogP contribution in [0.5, 0.6) is 0 Å². The Morgan fingerprint density at radius 3 is 2.75 bits per heavy atom. The number of hydrogen-bond acceptors (Lipinski definition) is 4. The van der Waals surface area contributed by atoms with Gasteiger partial charge in [-0.15, -0.1) is 11.3 Å². The van der Waals surface area contributed by atoms with E-state index in [0.29, 0.717) is 17.5 Å². The van der Waals surface area contributed by atoms with E-state index < -0.39 is 0 Å². The normalized spacial score (nSPS) is 23.4. The van der Waals surface area contributed by atoms with E-state index in [9.17, 15) is 0 Å². The van der Waals surface area contributed by atoms with Crippen molar-refractivity contribution in [3.8, 4) is 0 Å². The summed E-state index contributed by atoms with van der Waals surface area (Å²) in [4.78, 5) is 7.13. The number of rotatable bonds is 6. The van der Waals surface area contributed by atoms with Crippen LogP contribution in [0.1, 0.15) is 45.5 Å². The van der Waals surface area contributed by atoms with E-state index in [4.69, 9.17) is 0 Å². The minimum Gasteiger partial charge on any atom is -0.308 e. The van der Waals surface area contributed by atoms with Crippen molar-refractivity contribution >= 4 is 11.3 Å². The second-order valence-electron chi connectivity index (χ2n) is 6.33. The first kappa shape index (κ1) is 15.9. The van der Waals surface area contributed by atoms with E-state index in [2.05, 4.69) is 48.3 Å². The maximum absolute atomic E-state index is 4.42. The van der Waals surface area contributed by atoms with Gasteiger partial charge < -0.3 is 5.32 Å². The first-order chi connectivity index (χ1) is 9.60. The minimum atomic E-state index is 0.314. The average molecular weight is 295 g/mol. The van der Waals surface area contributed by atoms with Crippen LogP contribution in [-0.2, 0) is 6.42 Å². The molecule has 1 aliphatic heterocycles. The summed E-state index contributed by atoms with van der Waals surface area (Å²) in [7, 11) is 0. The first-order valence-electron chi connectivity index (χ1n) is 7.97. The summed E-state index contributed by atoms with van der Waals surface area (Å²) in [5.74, 6) is 0.700. The Morgan fingerprint density at radius 1 is 1.45 bits per heavy atom. The van der Waals surface area contributed by atoms with Crippen molar-refractivity contribution in [2.75, 3.05) is 19.6 Å². The fourth-order valence-electron chi connectivity index (χ4n) is 3.25. The maximum Gasteiger partial charge on any atom is 0.0937 e. The van der Waals surface area contributed by atoms with Crippen molar-refractivity contribution in [3.05, 3.63) is 16.6 Å². The maximum atomic E-state index is 4.42. The molecule has 1 aromatic rings. The van der Waals surface area contributed by atoms with Gasteiger partial charge in [-0.05, 0) is 18.8 Å². The predicted octanol–water partition coefficient (Wildman–Crippen LogP) is 3.17. The number of thiazole rings is 1.